The van der Waals surface area contributed by atoms with Gasteiger partial charge in [0.15, 0.2) is 0 Å². The Kier molecular flexibility index (Phi) is 22.7. The Hall–Kier alpha value is -1.09. The molecule has 0 aromatic heterocycles. The molecular formula is C12H29BF4N2O2. The van der Waals surface area contributed by atoms with Crippen molar-refractivity contribution in [2.24, 2.45) is 0 Å². The number of halogens is 4. The average molecular weight is 320 g/mol. The highest BCUT2D eigenvalue weighted by Gasteiger charge is 2.20. The third kappa shape index (κ3) is 155. The summed E-state index contributed by atoms with van der Waals surface area (Å²) in [6.07, 6.45) is 1.44. The molecule has 130 valence electrons. The Labute approximate surface area is 125 Å². The number of aliphatic carboxylic acids is 1. The number of carboxylic acid groups (broad SMARTS) is 1. The van der Waals surface area contributed by atoms with Gasteiger partial charge >= 0.3 is 13.2 Å². The van der Waals surface area contributed by atoms with Gasteiger partial charge in [-0.3, -0.25) is 0 Å². The van der Waals surface area contributed by atoms with Gasteiger partial charge in [-0.25, -0.2) is 4.79 Å². The predicted octanol–water partition coefficient (Wildman–Crippen LogP) is 1.67. The van der Waals surface area contributed by atoms with Gasteiger partial charge in [0.2, 0.25) is 0 Å². The second-order valence-corrected chi connectivity index (χ2v) is 5.00. The van der Waals surface area contributed by atoms with Gasteiger partial charge in [-0.15, -0.1) is 0 Å². The zero-order chi connectivity index (χ0) is 18.2. The normalized spacial score (nSPS) is 9.57. The molecule has 2 N–H and O–H groups in total. The molecule has 0 aliphatic heterocycles. The van der Waals surface area contributed by atoms with Gasteiger partial charge in [-0.1, -0.05) is 19.9 Å². The largest absolute Gasteiger partial charge is 0.673 e. The molecular weight excluding hydrogens is 291 g/mol. The van der Waals surface area contributed by atoms with Crippen LogP contribution in [0.25, 0.3) is 0 Å². The number of carboxylic acids is 1. The topological polar surface area (TPSA) is 45.0 Å². The highest BCUT2D eigenvalue weighted by atomic mass is 19.5. The van der Waals surface area contributed by atoms with E-state index in [-0.39, 0.29) is 0 Å². The molecule has 0 aliphatic rings. The van der Waals surface area contributed by atoms with Gasteiger partial charge in [0.05, 0.1) is 21.1 Å². The van der Waals surface area contributed by atoms with Gasteiger partial charge in [0.1, 0.15) is 0 Å². The molecule has 0 saturated carbocycles. The molecule has 0 amide bonds. The van der Waals surface area contributed by atoms with Crippen LogP contribution in [0.4, 0.5) is 17.3 Å². The lowest BCUT2D eigenvalue weighted by Gasteiger charge is -1.94. The lowest BCUT2D eigenvalue weighted by atomic mass is 10.2. The summed E-state index contributed by atoms with van der Waals surface area (Å²) < 4.78 is 39.0. The molecule has 0 saturated heterocycles. The van der Waals surface area contributed by atoms with Crippen LogP contribution in [0.5, 0.6) is 0 Å². The van der Waals surface area contributed by atoms with Crippen LogP contribution in [0.3, 0.4) is 0 Å². The summed E-state index contributed by atoms with van der Waals surface area (Å²) in [6, 6.07) is 0. The Morgan fingerprint density at radius 2 is 1.33 bits per heavy atom. The second kappa shape index (κ2) is 17.0. The first-order chi connectivity index (χ1) is 9.14. The summed E-state index contributed by atoms with van der Waals surface area (Å²) in [5.41, 5.74) is 0.299. The molecule has 0 aromatic carbocycles. The molecule has 0 aliphatic carbocycles. The molecule has 0 heterocycles. The smallest absolute Gasteiger partial charge is 0.478 e. The van der Waals surface area contributed by atoms with Gasteiger partial charge < -0.3 is 32.2 Å². The van der Waals surface area contributed by atoms with E-state index in [1.54, 1.807) is 0 Å². The number of hydrogen-bond donors (Lipinski definition) is 2. The third-order valence-electron chi connectivity index (χ3n) is 0.854. The maximum Gasteiger partial charge on any atom is 0.673 e. The summed E-state index contributed by atoms with van der Waals surface area (Å²) >= 11 is 0. The maximum atomic E-state index is 9.99. The lowest BCUT2D eigenvalue weighted by Crippen LogP contribution is -3.02. The molecule has 9 heteroatoms. The molecule has 0 radical (unpaired) electrons. The number of hydrogen-bond acceptors (Lipinski definition) is 2. The van der Waals surface area contributed by atoms with Crippen LogP contribution in [0, 0.1) is 0 Å². The van der Waals surface area contributed by atoms with E-state index in [1.807, 2.05) is 33.0 Å². The van der Waals surface area contributed by atoms with E-state index < -0.39 is 13.2 Å². The summed E-state index contributed by atoms with van der Waals surface area (Å²) in [5.74, 6) is -0.883. The van der Waals surface area contributed by atoms with E-state index in [4.69, 9.17) is 5.11 Å². The Bertz CT molecular complexity index is 243. The number of nitrogens with one attached hydrogen (secondary N) is 1. The van der Waals surface area contributed by atoms with Crippen molar-refractivity contribution in [1.29, 1.82) is 0 Å². The van der Waals surface area contributed by atoms with E-state index in [1.165, 1.54) is 4.90 Å². The van der Waals surface area contributed by atoms with Crippen molar-refractivity contribution in [2.75, 3.05) is 42.3 Å². The third-order valence-corrected chi connectivity index (χ3v) is 0.854. The van der Waals surface area contributed by atoms with Gasteiger partial charge in [-0.05, 0) is 27.6 Å². The zero-order valence-electron chi connectivity index (χ0n) is 14.0. The minimum absolute atomic E-state index is 0.299. The quantitative estimate of drug-likeness (QED) is 0.472. The van der Waals surface area contributed by atoms with Gasteiger partial charge in [0, 0.05) is 5.57 Å². The molecule has 0 spiro atoms. The monoisotopic (exact) mass is 320 g/mol. The van der Waals surface area contributed by atoms with Gasteiger partial charge in [0.25, 0.3) is 0 Å². The molecule has 0 aromatic rings. The molecule has 0 rings (SSSR count). The van der Waals surface area contributed by atoms with Crippen LogP contribution in [0.2, 0.25) is 0 Å². The average Bonchev–Trinajstić information content (AvgIpc) is 2.12. The summed E-state index contributed by atoms with van der Waals surface area (Å²) in [5, 5.41) is 8.21. The SMILES string of the molecule is C=C(CCC)C(=O)O.CN(C)C.C[NH+](C)C.F[B-](F)(F)F. The predicted molar refractivity (Wildman–Crippen MR) is 80.2 cm³/mol. The number of nitrogens with zero attached hydrogens (tertiary/aromatic N) is 1. The van der Waals surface area contributed by atoms with Crippen molar-refractivity contribution in [3.8, 4) is 0 Å². The fraction of sp³-hybridized carbons (Fsp3) is 0.750. The molecule has 0 bridgehead atoms. The molecule has 0 atom stereocenters. The van der Waals surface area contributed by atoms with E-state index in [9.17, 15) is 22.1 Å². The van der Waals surface area contributed by atoms with E-state index in [0.29, 0.717) is 12.0 Å². The van der Waals surface area contributed by atoms with Crippen LogP contribution < -0.4 is 4.90 Å². The number of quaternary nitrogens is 1. The van der Waals surface area contributed by atoms with Gasteiger partial charge in [-0.2, -0.15) is 0 Å². The highest BCUT2D eigenvalue weighted by molar-refractivity contribution is 6.50. The Morgan fingerprint density at radius 1 is 1.14 bits per heavy atom. The first-order valence-corrected chi connectivity index (χ1v) is 6.31. The van der Waals surface area contributed by atoms with Crippen LogP contribution in [0.15, 0.2) is 12.2 Å². The summed E-state index contributed by atoms with van der Waals surface area (Å²) in [4.78, 5) is 13.4. The number of rotatable bonds is 3. The fourth-order valence-electron chi connectivity index (χ4n) is 0.409. The lowest BCUT2D eigenvalue weighted by molar-refractivity contribution is -0.836. The van der Waals surface area contributed by atoms with E-state index in [0.717, 1.165) is 6.42 Å². The Balaban J connectivity index is -0.0000000970. The first-order valence-electron chi connectivity index (χ1n) is 6.31. The first kappa shape index (κ1) is 28.1. The minimum Gasteiger partial charge on any atom is -0.478 e. The van der Waals surface area contributed by atoms with Crippen molar-refractivity contribution in [3.05, 3.63) is 12.2 Å². The second-order valence-electron chi connectivity index (χ2n) is 5.00. The zero-order valence-corrected chi connectivity index (χ0v) is 14.0. The van der Waals surface area contributed by atoms with Crippen LogP contribution >= 0.6 is 0 Å². The summed E-state index contributed by atoms with van der Waals surface area (Å²) in [6.45, 7) is 5.27. The van der Waals surface area contributed by atoms with Crippen LogP contribution in [-0.2, 0) is 4.79 Å². The molecule has 0 unspecified atom stereocenters. The van der Waals surface area contributed by atoms with E-state index >= 15 is 0 Å². The van der Waals surface area contributed by atoms with Crippen LogP contribution in [0.1, 0.15) is 19.8 Å². The van der Waals surface area contributed by atoms with E-state index in [2.05, 4.69) is 27.7 Å². The maximum absolute atomic E-state index is 9.99. The van der Waals surface area contributed by atoms with Crippen molar-refractivity contribution in [2.45, 2.75) is 19.8 Å². The minimum atomic E-state index is -6.00. The standard InChI is InChI=1S/C6H10O2.2C3H9N.BF4/c1-3-4-5(2)6(7)8;2*1-4(2)3;2-1(3,4)5/h2-4H2,1H3,(H,7,8);2*1-3H3;/q;;;-1/p+1. The fourth-order valence-corrected chi connectivity index (χ4v) is 0.409. The Morgan fingerprint density at radius 3 is 1.38 bits per heavy atom. The highest BCUT2D eigenvalue weighted by Crippen LogP contribution is 2.06. The molecule has 21 heavy (non-hydrogen) atoms. The van der Waals surface area contributed by atoms with Crippen molar-refractivity contribution in [3.63, 3.8) is 0 Å². The van der Waals surface area contributed by atoms with Crippen molar-refractivity contribution >= 4 is 13.2 Å². The number of carbonyl (C=O) groups is 1. The molecule has 0 fully saturated rings. The molecule has 4 nitrogen and oxygen atoms in total. The van der Waals surface area contributed by atoms with Crippen LogP contribution in [-0.4, -0.2) is 65.5 Å². The van der Waals surface area contributed by atoms with Crippen molar-refractivity contribution < 1.29 is 32.1 Å². The van der Waals surface area contributed by atoms with Crippen molar-refractivity contribution in [1.82, 2.24) is 4.90 Å². The summed E-state index contributed by atoms with van der Waals surface area (Å²) in [7, 11) is 6.25.